The van der Waals surface area contributed by atoms with Crippen LogP contribution in [0.1, 0.15) is 57.1 Å². The van der Waals surface area contributed by atoms with Gasteiger partial charge in [-0.2, -0.15) is 0 Å². The van der Waals surface area contributed by atoms with Gasteiger partial charge in [0.1, 0.15) is 12.6 Å². The third-order valence-electron chi connectivity index (χ3n) is 6.66. The molecule has 0 aliphatic heterocycles. The van der Waals surface area contributed by atoms with Gasteiger partial charge in [0.2, 0.25) is 5.91 Å². The van der Waals surface area contributed by atoms with Gasteiger partial charge < -0.3 is 20.5 Å². The lowest BCUT2D eigenvalue weighted by molar-refractivity contribution is -0.145. The lowest BCUT2D eigenvalue weighted by Crippen LogP contribution is -2.51. The van der Waals surface area contributed by atoms with Gasteiger partial charge in [0.25, 0.3) is 0 Å². The van der Waals surface area contributed by atoms with Gasteiger partial charge in [0, 0.05) is 18.4 Å². The molecule has 0 saturated heterocycles. The Bertz CT molecular complexity index is 1040. The third kappa shape index (κ3) is 5.24. The molecule has 0 spiro atoms. The maximum Gasteiger partial charge on any atom is 0.407 e. The van der Waals surface area contributed by atoms with Crippen LogP contribution >= 0.6 is 0 Å². The molecule has 4 rings (SSSR count). The zero-order valence-corrected chi connectivity index (χ0v) is 19.8. The number of alkyl carbamates (subject to hydrolysis) is 1. The number of hydrogen-bond donors (Lipinski definition) is 3. The maximum absolute atomic E-state index is 12.7. The fraction of sp³-hybridized carbons (Fsp3) is 0.444. The molecule has 2 amide bonds. The molecule has 2 aliphatic carbocycles. The summed E-state index contributed by atoms with van der Waals surface area (Å²) in [5, 5.41) is 14.9. The van der Waals surface area contributed by atoms with E-state index in [0.717, 1.165) is 35.1 Å². The molecule has 2 aliphatic rings. The number of fused-ring (bicyclic) bond motifs is 3. The van der Waals surface area contributed by atoms with E-state index in [4.69, 9.17) is 4.74 Å². The molecule has 7 heteroatoms. The first-order valence-electron chi connectivity index (χ1n) is 11.8. The van der Waals surface area contributed by atoms with Crippen LogP contribution in [0.2, 0.25) is 0 Å². The van der Waals surface area contributed by atoms with Crippen LogP contribution < -0.4 is 10.6 Å². The van der Waals surface area contributed by atoms with Crippen LogP contribution in [-0.2, 0) is 14.3 Å². The number of ether oxygens (including phenoxy) is 1. The Kier molecular flexibility index (Phi) is 6.64. The Morgan fingerprint density at radius 3 is 2.03 bits per heavy atom. The first kappa shape index (κ1) is 23.8. The molecular formula is C27H32N2O5. The van der Waals surface area contributed by atoms with E-state index in [9.17, 15) is 19.5 Å². The van der Waals surface area contributed by atoms with Crippen LogP contribution in [0.4, 0.5) is 4.79 Å². The molecule has 2 aromatic rings. The van der Waals surface area contributed by atoms with Gasteiger partial charge in [-0.15, -0.1) is 0 Å². The van der Waals surface area contributed by atoms with Crippen molar-refractivity contribution in [2.24, 2.45) is 11.3 Å². The van der Waals surface area contributed by atoms with Gasteiger partial charge in [-0.25, -0.2) is 9.59 Å². The van der Waals surface area contributed by atoms with Crippen LogP contribution in [0.5, 0.6) is 0 Å². The van der Waals surface area contributed by atoms with Crippen molar-refractivity contribution >= 4 is 18.0 Å². The standard InChI is InChI=1S/C27H32N2O5/c1-27(2,3)24(25(31)32)29-23(30)14-22(16-12-13-16)28-26(33)34-15-21-19-10-6-4-8-17(19)18-9-5-7-11-20(18)21/h4-11,16,21-22,24H,12-15H2,1-3H3,(H,28,33)(H,29,30)(H,31,32). The van der Waals surface area contributed by atoms with Gasteiger partial charge >= 0.3 is 12.1 Å². The number of hydrogen-bond acceptors (Lipinski definition) is 4. The van der Waals surface area contributed by atoms with Crippen molar-refractivity contribution < 1.29 is 24.2 Å². The summed E-state index contributed by atoms with van der Waals surface area (Å²) < 4.78 is 5.63. The van der Waals surface area contributed by atoms with Crippen molar-refractivity contribution in [3.63, 3.8) is 0 Å². The van der Waals surface area contributed by atoms with Crippen molar-refractivity contribution in [3.8, 4) is 11.1 Å². The average Bonchev–Trinajstić information content (AvgIpc) is 3.58. The van der Waals surface area contributed by atoms with Crippen LogP contribution in [0.15, 0.2) is 48.5 Å². The Morgan fingerprint density at radius 2 is 1.53 bits per heavy atom. The fourth-order valence-electron chi connectivity index (χ4n) is 4.69. The Hall–Kier alpha value is -3.35. The summed E-state index contributed by atoms with van der Waals surface area (Å²) in [7, 11) is 0. The number of benzene rings is 2. The van der Waals surface area contributed by atoms with Crippen molar-refractivity contribution in [1.29, 1.82) is 0 Å². The van der Waals surface area contributed by atoms with E-state index in [2.05, 4.69) is 34.9 Å². The highest BCUT2D eigenvalue weighted by Gasteiger charge is 2.37. The van der Waals surface area contributed by atoms with Crippen LogP contribution in [0, 0.1) is 11.3 Å². The molecular weight excluding hydrogens is 432 g/mol. The summed E-state index contributed by atoms with van der Waals surface area (Å²) in [4.78, 5) is 36.9. The second kappa shape index (κ2) is 9.49. The Labute approximate surface area is 199 Å². The molecule has 0 heterocycles. The Balaban J connectivity index is 1.36. The van der Waals surface area contributed by atoms with E-state index in [1.165, 1.54) is 0 Å². The van der Waals surface area contributed by atoms with Crippen LogP contribution in [0.25, 0.3) is 11.1 Å². The second-order valence-corrected chi connectivity index (χ2v) is 10.3. The maximum atomic E-state index is 12.7. The lowest BCUT2D eigenvalue weighted by atomic mass is 9.86. The molecule has 2 atom stereocenters. The minimum Gasteiger partial charge on any atom is -0.480 e. The highest BCUT2D eigenvalue weighted by molar-refractivity contribution is 5.85. The largest absolute Gasteiger partial charge is 0.480 e. The molecule has 7 nitrogen and oxygen atoms in total. The van der Waals surface area contributed by atoms with Crippen molar-refractivity contribution in [2.45, 2.75) is 58.0 Å². The first-order chi connectivity index (χ1) is 16.1. The molecule has 0 bridgehead atoms. The number of carbonyl (C=O) groups excluding carboxylic acids is 2. The topological polar surface area (TPSA) is 105 Å². The predicted octanol–water partition coefficient (Wildman–Crippen LogP) is 4.31. The van der Waals surface area contributed by atoms with E-state index in [1.807, 2.05) is 24.3 Å². The minimum absolute atomic E-state index is 0.0225. The van der Waals surface area contributed by atoms with E-state index in [-0.39, 0.29) is 30.9 Å². The summed E-state index contributed by atoms with van der Waals surface area (Å²) >= 11 is 0. The smallest absolute Gasteiger partial charge is 0.407 e. The normalized spacial score (nSPS) is 16.7. The van der Waals surface area contributed by atoms with Crippen molar-refractivity contribution in [2.75, 3.05) is 6.61 Å². The highest BCUT2D eigenvalue weighted by atomic mass is 16.5. The summed E-state index contributed by atoms with van der Waals surface area (Å²) in [6, 6.07) is 14.9. The number of aliphatic carboxylic acids is 1. The van der Waals surface area contributed by atoms with Crippen LogP contribution in [-0.4, -0.2) is 41.8 Å². The molecule has 2 aromatic carbocycles. The monoisotopic (exact) mass is 464 g/mol. The molecule has 34 heavy (non-hydrogen) atoms. The van der Waals surface area contributed by atoms with E-state index in [1.54, 1.807) is 20.8 Å². The third-order valence-corrected chi connectivity index (χ3v) is 6.66. The van der Waals surface area contributed by atoms with E-state index < -0.39 is 29.4 Å². The van der Waals surface area contributed by atoms with Gasteiger partial charge in [0.15, 0.2) is 0 Å². The summed E-state index contributed by atoms with van der Waals surface area (Å²) in [6.07, 6.45) is 1.30. The zero-order valence-electron chi connectivity index (χ0n) is 19.8. The molecule has 180 valence electrons. The average molecular weight is 465 g/mol. The van der Waals surface area contributed by atoms with E-state index >= 15 is 0 Å². The predicted molar refractivity (Wildman–Crippen MR) is 128 cm³/mol. The Morgan fingerprint density at radius 1 is 0.971 bits per heavy atom. The van der Waals surface area contributed by atoms with Crippen LogP contribution in [0.3, 0.4) is 0 Å². The zero-order chi connectivity index (χ0) is 24.5. The number of carbonyl (C=O) groups is 3. The lowest BCUT2D eigenvalue weighted by Gasteiger charge is -2.28. The van der Waals surface area contributed by atoms with Crippen molar-refractivity contribution in [1.82, 2.24) is 10.6 Å². The SMILES string of the molecule is CC(C)(C)C(NC(=O)CC(NC(=O)OCC1c2ccccc2-c2ccccc21)C1CC1)C(=O)O. The fourth-order valence-corrected chi connectivity index (χ4v) is 4.69. The highest BCUT2D eigenvalue weighted by Crippen LogP contribution is 2.44. The van der Waals surface area contributed by atoms with E-state index in [0.29, 0.717) is 0 Å². The molecule has 1 saturated carbocycles. The van der Waals surface area contributed by atoms with Crippen molar-refractivity contribution in [3.05, 3.63) is 59.7 Å². The minimum atomic E-state index is -1.08. The van der Waals surface area contributed by atoms with Gasteiger partial charge in [-0.1, -0.05) is 69.3 Å². The van der Waals surface area contributed by atoms with Gasteiger partial charge in [-0.3, -0.25) is 4.79 Å². The quantitative estimate of drug-likeness (QED) is 0.540. The summed E-state index contributed by atoms with van der Waals surface area (Å²) in [6.45, 7) is 5.49. The molecule has 0 radical (unpaired) electrons. The molecule has 2 unspecified atom stereocenters. The molecule has 3 N–H and O–H groups in total. The summed E-state index contributed by atoms with van der Waals surface area (Å²) in [5.74, 6) is -1.31. The molecule has 1 fully saturated rings. The summed E-state index contributed by atoms with van der Waals surface area (Å²) in [5.41, 5.74) is 3.96. The number of amides is 2. The number of rotatable bonds is 8. The molecule has 0 aromatic heterocycles. The van der Waals surface area contributed by atoms with Gasteiger partial charge in [0.05, 0.1) is 0 Å². The second-order valence-electron chi connectivity index (χ2n) is 10.3. The number of carboxylic acid groups (broad SMARTS) is 1. The first-order valence-corrected chi connectivity index (χ1v) is 11.8. The number of carboxylic acids is 1. The van der Waals surface area contributed by atoms with Gasteiger partial charge in [-0.05, 0) is 46.4 Å². The number of nitrogens with one attached hydrogen (secondary N) is 2.